The zero-order valence-electron chi connectivity index (χ0n) is 6.17. The van der Waals surface area contributed by atoms with E-state index in [0.29, 0.717) is 0 Å². The number of nitrogens with two attached hydrogens (primary N) is 1. The van der Waals surface area contributed by atoms with E-state index < -0.39 is 0 Å². The molecule has 0 aromatic rings. The molecule has 0 atom stereocenters. The highest BCUT2D eigenvalue weighted by Crippen LogP contribution is 2.28. The van der Waals surface area contributed by atoms with Crippen molar-refractivity contribution in [2.24, 2.45) is 5.73 Å². The quantitative estimate of drug-likeness (QED) is 0.395. The molecule has 0 fully saturated rings. The summed E-state index contributed by atoms with van der Waals surface area (Å²) in [5.41, 5.74) is 5.31. The molecule has 0 radical (unpaired) electrons. The minimum absolute atomic E-state index is 0.749. The first-order valence-electron chi connectivity index (χ1n) is 3.10. The summed E-state index contributed by atoms with van der Waals surface area (Å²) < 4.78 is 0. The van der Waals surface area contributed by atoms with Crippen LogP contribution in [0.25, 0.3) is 0 Å². The predicted octanol–water partition coefficient (Wildman–Crippen LogP) is 2.42. The number of allylic oxidation sites excluding steroid dienone is 3. The first kappa shape index (κ1) is 10.1. The van der Waals surface area contributed by atoms with Gasteiger partial charge in [0.05, 0.1) is 0 Å². The molecule has 0 aromatic carbocycles. The summed E-state index contributed by atoms with van der Waals surface area (Å²) in [6, 6.07) is 0. The number of hydrogen-bond acceptors (Lipinski definition) is 3. The lowest BCUT2D eigenvalue weighted by atomic mass is 10.5. The van der Waals surface area contributed by atoms with E-state index in [1.54, 1.807) is 27.7 Å². The molecule has 0 saturated carbocycles. The molecule has 0 aromatic heterocycles. The highest BCUT2D eigenvalue weighted by atomic mass is 33.1. The van der Waals surface area contributed by atoms with E-state index in [-0.39, 0.29) is 0 Å². The molecule has 0 saturated heterocycles. The van der Waals surface area contributed by atoms with Crippen LogP contribution in [0.1, 0.15) is 6.92 Å². The van der Waals surface area contributed by atoms with Crippen LogP contribution in [0.15, 0.2) is 23.6 Å². The summed E-state index contributed by atoms with van der Waals surface area (Å²) in [6.45, 7) is 6.42. The Morgan fingerprint density at radius 3 is 2.90 bits per heavy atom. The third-order valence-corrected chi connectivity index (χ3v) is 3.31. The second kappa shape index (κ2) is 7.25. The highest BCUT2D eigenvalue weighted by molar-refractivity contribution is 8.78. The lowest BCUT2D eigenvalue weighted by Crippen LogP contribution is -1.99. The lowest BCUT2D eigenvalue weighted by Gasteiger charge is -1.96. The zero-order valence-corrected chi connectivity index (χ0v) is 7.80. The third kappa shape index (κ3) is 6.26. The largest absolute Gasteiger partial charge is 0.330 e. The van der Waals surface area contributed by atoms with Gasteiger partial charge >= 0.3 is 0 Å². The molecule has 0 amide bonds. The SMILES string of the molecule is C=C/C=C(\C)SSCCN. The Balaban J connectivity index is 3.29. The van der Waals surface area contributed by atoms with Crippen molar-refractivity contribution < 1.29 is 0 Å². The fourth-order valence-corrected chi connectivity index (χ4v) is 2.16. The maximum Gasteiger partial charge on any atom is 0.0163 e. The van der Waals surface area contributed by atoms with Gasteiger partial charge in [-0.05, 0) is 11.8 Å². The van der Waals surface area contributed by atoms with Gasteiger partial charge in [-0.3, -0.25) is 0 Å². The van der Waals surface area contributed by atoms with Crippen molar-refractivity contribution in [3.63, 3.8) is 0 Å². The topological polar surface area (TPSA) is 26.0 Å². The number of rotatable bonds is 5. The normalized spacial score (nSPS) is 11.6. The van der Waals surface area contributed by atoms with Gasteiger partial charge in [0.2, 0.25) is 0 Å². The molecule has 10 heavy (non-hydrogen) atoms. The van der Waals surface area contributed by atoms with Crippen molar-refractivity contribution in [1.29, 1.82) is 0 Å². The Morgan fingerprint density at radius 2 is 2.40 bits per heavy atom. The minimum atomic E-state index is 0.749. The van der Waals surface area contributed by atoms with E-state index in [1.165, 1.54) is 4.91 Å². The van der Waals surface area contributed by atoms with E-state index >= 15 is 0 Å². The molecule has 0 rings (SSSR count). The van der Waals surface area contributed by atoms with Crippen LogP contribution in [0.2, 0.25) is 0 Å². The second-order valence-corrected chi connectivity index (χ2v) is 4.37. The van der Waals surface area contributed by atoms with Crippen LogP contribution in [0, 0.1) is 0 Å². The van der Waals surface area contributed by atoms with E-state index in [4.69, 9.17) is 5.73 Å². The van der Waals surface area contributed by atoms with Crippen molar-refractivity contribution in [3.8, 4) is 0 Å². The van der Waals surface area contributed by atoms with Gasteiger partial charge in [-0.1, -0.05) is 40.3 Å². The summed E-state index contributed by atoms with van der Waals surface area (Å²) in [5.74, 6) is 1.01. The van der Waals surface area contributed by atoms with Crippen LogP contribution in [0.5, 0.6) is 0 Å². The van der Waals surface area contributed by atoms with Crippen LogP contribution in [0.3, 0.4) is 0 Å². The molecule has 58 valence electrons. The Morgan fingerprint density at radius 1 is 1.70 bits per heavy atom. The van der Waals surface area contributed by atoms with Crippen LogP contribution in [-0.4, -0.2) is 12.3 Å². The first-order chi connectivity index (χ1) is 4.81. The molecule has 0 bridgehead atoms. The molecule has 1 nitrogen and oxygen atoms in total. The minimum Gasteiger partial charge on any atom is -0.330 e. The van der Waals surface area contributed by atoms with Crippen molar-refractivity contribution in [2.75, 3.05) is 12.3 Å². The van der Waals surface area contributed by atoms with E-state index in [2.05, 4.69) is 13.5 Å². The fourth-order valence-electron chi connectivity index (χ4n) is 0.376. The smallest absolute Gasteiger partial charge is 0.0163 e. The standard InChI is InChI=1S/C7H13NS2/c1-3-4-7(2)10-9-6-5-8/h3-4H,1,5-6,8H2,2H3/b7-4+. The molecule has 0 spiro atoms. The van der Waals surface area contributed by atoms with Gasteiger partial charge in [0.1, 0.15) is 0 Å². The molecule has 0 aliphatic heterocycles. The van der Waals surface area contributed by atoms with Gasteiger partial charge < -0.3 is 5.73 Å². The number of hydrogen-bond donors (Lipinski definition) is 1. The molecule has 3 heteroatoms. The van der Waals surface area contributed by atoms with Gasteiger partial charge in [0.15, 0.2) is 0 Å². The maximum atomic E-state index is 5.31. The summed E-state index contributed by atoms with van der Waals surface area (Å²) in [4.78, 5) is 1.27. The summed E-state index contributed by atoms with van der Waals surface area (Å²) >= 11 is 0. The molecule has 0 unspecified atom stereocenters. The van der Waals surface area contributed by atoms with Gasteiger partial charge in [-0.25, -0.2) is 0 Å². The third-order valence-electron chi connectivity index (χ3n) is 0.744. The van der Waals surface area contributed by atoms with Gasteiger partial charge in [0.25, 0.3) is 0 Å². The van der Waals surface area contributed by atoms with Gasteiger partial charge in [0, 0.05) is 12.3 Å². The molecule has 2 N–H and O–H groups in total. The maximum absolute atomic E-state index is 5.31. The Labute approximate surface area is 70.5 Å². The Bertz CT molecular complexity index is 121. The van der Waals surface area contributed by atoms with Crippen LogP contribution in [0.4, 0.5) is 0 Å². The van der Waals surface area contributed by atoms with Gasteiger partial charge in [-0.15, -0.1) is 0 Å². The summed E-state index contributed by atoms with van der Waals surface area (Å²) in [5, 5.41) is 0. The second-order valence-electron chi connectivity index (χ2n) is 1.71. The average Bonchev–Trinajstić information content (AvgIpc) is 1.89. The Kier molecular flexibility index (Phi) is 7.35. The van der Waals surface area contributed by atoms with E-state index in [1.807, 2.05) is 6.08 Å². The van der Waals surface area contributed by atoms with Crippen molar-refractivity contribution in [1.82, 2.24) is 0 Å². The summed E-state index contributed by atoms with van der Waals surface area (Å²) in [7, 11) is 3.53. The van der Waals surface area contributed by atoms with E-state index in [9.17, 15) is 0 Å². The molecule has 0 aliphatic rings. The molecule has 0 heterocycles. The van der Waals surface area contributed by atoms with Crippen LogP contribution < -0.4 is 5.73 Å². The summed E-state index contributed by atoms with van der Waals surface area (Å²) in [6.07, 6.45) is 3.79. The van der Waals surface area contributed by atoms with Crippen LogP contribution in [-0.2, 0) is 0 Å². The van der Waals surface area contributed by atoms with Crippen molar-refractivity contribution in [2.45, 2.75) is 6.92 Å². The predicted molar refractivity (Wildman–Crippen MR) is 53.1 cm³/mol. The molecular formula is C7H13NS2. The van der Waals surface area contributed by atoms with Crippen LogP contribution >= 0.6 is 21.6 Å². The van der Waals surface area contributed by atoms with Gasteiger partial charge in [-0.2, -0.15) is 0 Å². The lowest BCUT2D eigenvalue weighted by molar-refractivity contribution is 1.16. The first-order valence-corrected chi connectivity index (χ1v) is 5.42. The zero-order chi connectivity index (χ0) is 7.82. The highest BCUT2D eigenvalue weighted by Gasteiger charge is 1.88. The van der Waals surface area contributed by atoms with Crippen molar-refractivity contribution >= 4 is 21.6 Å². The molecule has 0 aliphatic carbocycles. The fraction of sp³-hybridized carbons (Fsp3) is 0.429. The van der Waals surface area contributed by atoms with E-state index in [0.717, 1.165) is 12.3 Å². The average molecular weight is 175 g/mol. The van der Waals surface area contributed by atoms with Crippen molar-refractivity contribution in [3.05, 3.63) is 23.6 Å². The monoisotopic (exact) mass is 175 g/mol. The Hall–Kier alpha value is 0.140. The molecular weight excluding hydrogens is 162 g/mol.